The van der Waals surface area contributed by atoms with Crippen molar-refractivity contribution in [3.63, 3.8) is 0 Å². The Labute approximate surface area is 160 Å². The maximum Gasteiger partial charge on any atom is 0.416 e. The largest absolute Gasteiger partial charge is 0.465 e. The van der Waals surface area contributed by atoms with Crippen molar-refractivity contribution < 1.29 is 22.7 Å². The molecule has 0 fully saturated rings. The van der Waals surface area contributed by atoms with E-state index in [1.165, 1.54) is 16.8 Å². The molecule has 3 rings (SSSR count). The summed E-state index contributed by atoms with van der Waals surface area (Å²) in [5.41, 5.74) is 2.81. The van der Waals surface area contributed by atoms with Gasteiger partial charge in [0.1, 0.15) is 6.54 Å². The molecule has 0 bridgehead atoms. The third kappa shape index (κ3) is 4.79. The van der Waals surface area contributed by atoms with Crippen molar-refractivity contribution in [1.29, 1.82) is 0 Å². The van der Waals surface area contributed by atoms with Crippen LogP contribution in [0.2, 0.25) is 0 Å². The zero-order chi connectivity index (χ0) is 20.1. The molecule has 1 aromatic heterocycles. The molecule has 7 heteroatoms. The average molecular weight is 388 g/mol. The zero-order valence-corrected chi connectivity index (χ0v) is 15.2. The van der Waals surface area contributed by atoms with Crippen molar-refractivity contribution in [2.24, 2.45) is 0 Å². The molecule has 0 amide bonds. The van der Waals surface area contributed by atoms with Crippen LogP contribution in [-0.4, -0.2) is 22.4 Å². The number of halogens is 3. The van der Waals surface area contributed by atoms with Crippen molar-refractivity contribution in [3.8, 4) is 11.1 Å². The van der Waals surface area contributed by atoms with E-state index in [4.69, 9.17) is 4.74 Å². The van der Waals surface area contributed by atoms with Gasteiger partial charge < -0.3 is 4.74 Å². The smallest absolute Gasteiger partial charge is 0.416 e. The highest BCUT2D eigenvalue weighted by Crippen LogP contribution is 2.30. The summed E-state index contributed by atoms with van der Waals surface area (Å²) < 4.78 is 44.6. The van der Waals surface area contributed by atoms with E-state index in [9.17, 15) is 18.0 Å². The van der Waals surface area contributed by atoms with Gasteiger partial charge in [0.2, 0.25) is 0 Å². The van der Waals surface area contributed by atoms with Crippen LogP contribution in [-0.2, 0) is 28.7 Å². The SMILES string of the molecule is CCOC(=O)Cn1cc(-c2ccccc2Cc2ccc(C(F)(F)F)cc2)cn1. The summed E-state index contributed by atoms with van der Waals surface area (Å²) >= 11 is 0. The van der Waals surface area contributed by atoms with Crippen molar-refractivity contribution in [3.05, 3.63) is 77.6 Å². The predicted molar refractivity (Wildman–Crippen MR) is 98.5 cm³/mol. The minimum atomic E-state index is -4.34. The highest BCUT2D eigenvalue weighted by atomic mass is 19.4. The minimum absolute atomic E-state index is 0.0227. The van der Waals surface area contributed by atoms with E-state index in [2.05, 4.69) is 5.10 Å². The molecular weight excluding hydrogens is 369 g/mol. The summed E-state index contributed by atoms with van der Waals surface area (Å²) in [6.07, 6.45) is -0.450. The lowest BCUT2D eigenvalue weighted by Crippen LogP contribution is -2.13. The summed E-state index contributed by atoms with van der Waals surface area (Å²) in [7, 11) is 0. The van der Waals surface area contributed by atoms with Crippen LogP contribution in [0.15, 0.2) is 60.9 Å². The van der Waals surface area contributed by atoms with Gasteiger partial charge in [-0.2, -0.15) is 18.3 Å². The van der Waals surface area contributed by atoms with E-state index in [1.807, 2.05) is 24.3 Å². The monoisotopic (exact) mass is 388 g/mol. The van der Waals surface area contributed by atoms with Gasteiger partial charge in [-0.1, -0.05) is 36.4 Å². The fraction of sp³-hybridized carbons (Fsp3) is 0.238. The normalized spacial score (nSPS) is 11.4. The van der Waals surface area contributed by atoms with E-state index < -0.39 is 11.7 Å². The number of rotatable bonds is 6. The fourth-order valence-corrected chi connectivity index (χ4v) is 2.92. The van der Waals surface area contributed by atoms with Crippen LogP contribution in [0.25, 0.3) is 11.1 Å². The lowest BCUT2D eigenvalue weighted by atomic mass is 9.96. The molecule has 0 saturated carbocycles. The summed E-state index contributed by atoms with van der Waals surface area (Å²) in [5.74, 6) is -0.366. The van der Waals surface area contributed by atoms with Crippen LogP contribution >= 0.6 is 0 Å². The van der Waals surface area contributed by atoms with Gasteiger partial charge in [0.25, 0.3) is 0 Å². The van der Waals surface area contributed by atoms with Gasteiger partial charge in [-0.25, -0.2) is 0 Å². The number of hydrogen-bond acceptors (Lipinski definition) is 3. The van der Waals surface area contributed by atoms with Crippen molar-refractivity contribution in [2.75, 3.05) is 6.61 Å². The Balaban J connectivity index is 1.80. The molecule has 0 atom stereocenters. The molecule has 146 valence electrons. The van der Waals surface area contributed by atoms with Crippen molar-refractivity contribution in [1.82, 2.24) is 9.78 Å². The number of esters is 1. The molecule has 0 aliphatic carbocycles. The number of nitrogens with zero attached hydrogens (tertiary/aromatic N) is 2. The van der Waals surface area contributed by atoms with Crippen LogP contribution in [0.3, 0.4) is 0 Å². The predicted octanol–water partition coefficient (Wildman–Crippen LogP) is 4.72. The summed E-state index contributed by atoms with van der Waals surface area (Å²) in [6.45, 7) is 2.07. The van der Waals surface area contributed by atoms with Crippen LogP contribution in [0.5, 0.6) is 0 Å². The quantitative estimate of drug-likeness (QED) is 0.574. The zero-order valence-electron chi connectivity index (χ0n) is 15.2. The second-order valence-electron chi connectivity index (χ2n) is 6.26. The highest BCUT2D eigenvalue weighted by molar-refractivity contribution is 5.70. The summed E-state index contributed by atoms with van der Waals surface area (Å²) in [5, 5.41) is 4.19. The van der Waals surface area contributed by atoms with E-state index in [0.29, 0.717) is 13.0 Å². The Kier molecular flexibility index (Phi) is 5.82. The van der Waals surface area contributed by atoms with Crippen molar-refractivity contribution >= 4 is 5.97 Å². The molecule has 1 heterocycles. The van der Waals surface area contributed by atoms with Crippen LogP contribution in [0.4, 0.5) is 13.2 Å². The molecule has 0 spiro atoms. The van der Waals surface area contributed by atoms with E-state index in [-0.39, 0.29) is 12.5 Å². The summed E-state index contributed by atoms with van der Waals surface area (Å²) in [4.78, 5) is 11.6. The lowest BCUT2D eigenvalue weighted by molar-refractivity contribution is -0.144. The molecular formula is C21H19F3N2O2. The maximum atomic E-state index is 12.7. The lowest BCUT2D eigenvalue weighted by Gasteiger charge is -2.10. The van der Waals surface area contributed by atoms with Gasteiger partial charge in [-0.3, -0.25) is 9.48 Å². The number of carbonyl (C=O) groups is 1. The van der Waals surface area contributed by atoms with Crippen LogP contribution in [0, 0.1) is 0 Å². The van der Waals surface area contributed by atoms with E-state index in [1.54, 1.807) is 19.3 Å². The van der Waals surface area contributed by atoms with Crippen LogP contribution in [0.1, 0.15) is 23.6 Å². The standard InChI is InChI=1S/C21H19F3N2O2/c1-2-28-20(27)14-26-13-17(12-25-26)19-6-4-3-5-16(19)11-15-7-9-18(10-8-15)21(22,23)24/h3-10,12-13H,2,11,14H2,1H3. The Bertz CT molecular complexity index is 947. The molecule has 0 N–H and O–H groups in total. The van der Waals surface area contributed by atoms with Gasteiger partial charge in [0.05, 0.1) is 18.4 Å². The maximum absolute atomic E-state index is 12.7. The molecule has 0 saturated heterocycles. The first-order valence-electron chi connectivity index (χ1n) is 8.79. The van der Waals surface area contributed by atoms with Gasteiger partial charge in [-0.15, -0.1) is 0 Å². The summed E-state index contributed by atoms with van der Waals surface area (Å²) in [6, 6.07) is 12.8. The Morgan fingerprint density at radius 2 is 1.82 bits per heavy atom. The molecule has 2 aromatic carbocycles. The molecule has 0 unspecified atom stereocenters. The van der Waals surface area contributed by atoms with Gasteiger partial charge >= 0.3 is 12.1 Å². The first-order chi connectivity index (χ1) is 13.4. The van der Waals surface area contributed by atoms with E-state index >= 15 is 0 Å². The fourth-order valence-electron chi connectivity index (χ4n) is 2.92. The number of benzene rings is 2. The van der Waals surface area contributed by atoms with Crippen LogP contribution < -0.4 is 0 Å². The Hall–Kier alpha value is -3.09. The second kappa shape index (κ2) is 8.29. The minimum Gasteiger partial charge on any atom is -0.465 e. The number of ether oxygens (including phenoxy) is 1. The molecule has 0 radical (unpaired) electrons. The topological polar surface area (TPSA) is 44.1 Å². The first kappa shape index (κ1) is 19.7. The molecule has 0 aliphatic rings. The highest BCUT2D eigenvalue weighted by Gasteiger charge is 2.29. The molecule has 28 heavy (non-hydrogen) atoms. The number of hydrogen-bond donors (Lipinski definition) is 0. The Morgan fingerprint density at radius 3 is 2.50 bits per heavy atom. The number of carbonyl (C=O) groups excluding carboxylic acids is 1. The first-order valence-corrected chi connectivity index (χ1v) is 8.79. The Morgan fingerprint density at radius 1 is 1.11 bits per heavy atom. The van der Waals surface area contributed by atoms with Gasteiger partial charge in [0.15, 0.2) is 0 Å². The third-order valence-corrected chi connectivity index (χ3v) is 4.23. The second-order valence-corrected chi connectivity index (χ2v) is 6.26. The van der Waals surface area contributed by atoms with E-state index in [0.717, 1.165) is 34.4 Å². The van der Waals surface area contributed by atoms with Gasteiger partial charge in [-0.05, 0) is 42.2 Å². The van der Waals surface area contributed by atoms with Crippen molar-refractivity contribution in [2.45, 2.75) is 26.1 Å². The molecule has 3 aromatic rings. The number of alkyl halides is 3. The number of aromatic nitrogens is 2. The molecule has 0 aliphatic heterocycles. The molecule has 4 nitrogen and oxygen atoms in total. The third-order valence-electron chi connectivity index (χ3n) is 4.23. The average Bonchev–Trinajstić information content (AvgIpc) is 3.10. The van der Waals surface area contributed by atoms with Gasteiger partial charge in [0, 0.05) is 11.8 Å².